The molecule has 8 N–H and O–H groups in total. The molecule has 0 bridgehead atoms. The predicted molar refractivity (Wildman–Crippen MR) is 302 cm³/mol. The molecule has 0 spiro atoms. The number of allylic oxidation sites excluding steroid dienone is 6. The minimum atomic E-state index is -1.67. The van der Waals surface area contributed by atoms with Gasteiger partial charge < -0.3 is 50.5 Å². The Hall–Kier alpha value is -1.67. The van der Waals surface area contributed by atoms with Crippen LogP contribution in [-0.2, 0) is 14.3 Å². The Balaban J connectivity index is 2.05. The lowest BCUT2D eigenvalue weighted by Crippen LogP contribution is -2.60. The highest BCUT2D eigenvalue weighted by Gasteiger charge is 2.44. The van der Waals surface area contributed by atoms with Gasteiger partial charge in [0.1, 0.15) is 36.6 Å². The van der Waals surface area contributed by atoms with E-state index in [1.807, 2.05) is 19.1 Å². The van der Waals surface area contributed by atoms with Crippen LogP contribution in [0, 0.1) is 0 Å². The number of nitrogens with one attached hydrogen (secondary N) is 1. The molecule has 9 atom stereocenters. The van der Waals surface area contributed by atoms with Gasteiger partial charge in [-0.3, -0.25) is 4.79 Å². The van der Waals surface area contributed by atoms with Gasteiger partial charge in [0.05, 0.1) is 25.4 Å². The molecular weight excluding hydrogens is 919 g/mol. The van der Waals surface area contributed by atoms with Crippen LogP contribution in [-0.4, -0.2) is 110 Å². The quantitative estimate of drug-likeness (QED) is 0.0215. The van der Waals surface area contributed by atoms with Gasteiger partial charge in [0.25, 0.3) is 0 Å². The Kier molecular flexibility index (Phi) is 48.5. The van der Waals surface area contributed by atoms with Crippen LogP contribution in [0.3, 0.4) is 0 Å². The first-order valence-corrected chi connectivity index (χ1v) is 30.9. The standard InChI is InChI=1S/C62H117NO10/c1-3-5-7-9-11-13-14-15-16-17-18-19-20-21-22-23-24-25-26-27-28-29-30-31-32-33-34-35-36-37-38-39-40-41-42-44-46-48-50-55(66)61(71)63-53(52-72-62-60(70)59(69)58(68)56(51-64)73-62)57(67)54(65)49-47-45-43-12-10-8-6-4-2/h4,6,12,27-28,43,53-60,62,64-70H,3,5,7-11,13-26,29-42,44-52H2,1-2H3,(H,63,71)/b6-4+,28-27-,43-12+. The normalized spacial score (nSPS) is 20.2. The molecule has 0 saturated carbocycles. The first kappa shape index (κ1) is 69.3. The third-order valence-electron chi connectivity index (χ3n) is 15.0. The van der Waals surface area contributed by atoms with Crippen LogP contribution in [0.15, 0.2) is 36.5 Å². The van der Waals surface area contributed by atoms with Crippen molar-refractivity contribution >= 4 is 5.91 Å². The molecule has 11 heteroatoms. The monoisotopic (exact) mass is 1040 g/mol. The minimum Gasteiger partial charge on any atom is -0.394 e. The first-order chi connectivity index (χ1) is 35.7. The predicted octanol–water partition coefficient (Wildman–Crippen LogP) is 13.5. The number of hydrogen-bond acceptors (Lipinski definition) is 10. The lowest BCUT2D eigenvalue weighted by atomic mass is 9.98. The molecule has 0 radical (unpaired) electrons. The second-order valence-electron chi connectivity index (χ2n) is 21.8. The van der Waals surface area contributed by atoms with E-state index >= 15 is 0 Å². The molecule has 9 unspecified atom stereocenters. The molecule has 1 amide bonds. The summed E-state index contributed by atoms with van der Waals surface area (Å²) in [5.41, 5.74) is 0. The Bertz CT molecular complexity index is 1280. The lowest BCUT2D eigenvalue weighted by Gasteiger charge is -2.40. The number of unbranched alkanes of at least 4 members (excludes halogenated alkanes) is 36. The Morgan fingerprint density at radius 1 is 0.493 bits per heavy atom. The number of carbonyl (C=O) groups excluding carboxylic acids is 1. The molecule has 0 aromatic rings. The summed E-state index contributed by atoms with van der Waals surface area (Å²) in [6.45, 7) is 3.20. The fourth-order valence-electron chi connectivity index (χ4n) is 9.99. The lowest BCUT2D eigenvalue weighted by molar-refractivity contribution is -0.303. The summed E-state index contributed by atoms with van der Waals surface area (Å²) in [5.74, 6) is -0.711. The highest BCUT2D eigenvalue weighted by molar-refractivity contribution is 5.80. The van der Waals surface area contributed by atoms with E-state index in [-0.39, 0.29) is 12.8 Å². The molecular formula is C62H117NO10. The van der Waals surface area contributed by atoms with E-state index in [9.17, 15) is 40.5 Å². The van der Waals surface area contributed by atoms with Crippen LogP contribution < -0.4 is 5.32 Å². The molecule has 11 nitrogen and oxygen atoms in total. The molecule has 0 aromatic carbocycles. The van der Waals surface area contributed by atoms with Gasteiger partial charge in [-0.05, 0) is 71.1 Å². The number of carbonyl (C=O) groups is 1. The van der Waals surface area contributed by atoms with Crippen LogP contribution in [0.25, 0.3) is 0 Å². The first-order valence-electron chi connectivity index (χ1n) is 30.9. The fourth-order valence-corrected chi connectivity index (χ4v) is 9.99. The third kappa shape index (κ3) is 39.4. The zero-order valence-corrected chi connectivity index (χ0v) is 47.1. The zero-order valence-electron chi connectivity index (χ0n) is 47.1. The van der Waals surface area contributed by atoms with E-state index in [0.717, 1.165) is 32.1 Å². The van der Waals surface area contributed by atoms with Gasteiger partial charge in [-0.15, -0.1) is 0 Å². The van der Waals surface area contributed by atoms with Crippen LogP contribution in [0.2, 0.25) is 0 Å². The molecule has 1 saturated heterocycles. The maximum atomic E-state index is 13.1. The molecule has 0 aromatic heterocycles. The summed E-state index contributed by atoms with van der Waals surface area (Å²) in [6.07, 6.45) is 53.1. The van der Waals surface area contributed by atoms with Crippen molar-refractivity contribution in [1.82, 2.24) is 5.32 Å². The smallest absolute Gasteiger partial charge is 0.249 e. The van der Waals surface area contributed by atoms with E-state index in [1.165, 1.54) is 205 Å². The summed E-state index contributed by atoms with van der Waals surface area (Å²) in [7, 11) is 0. The number of aliphatic hydroxyl groups is 7. The van der Waals surface area contributed by atoms with Crippen molar-refractivity contribution in [2.24, 2.45) is 0 Å². The fraction of sp³-hybridized carbons (Fsp3) is 0.887. The average Bonchev–Trinajstić information content (AvgIpc) is 3.39. The van der Waals surface area contributed by atoms with Crippen molar-refractivity contribution in [1.29, 1.82) is 0 Å². The number of rotatable bonds is 53. The van der Waals surface area contributed by atoms with Crippen molar-refractivity contribution < 1.29 is 50.0 Å². The summed E-state index contributed by atoms with van der Waals surface area (Å²) in [5, 5.41) is 75.6. The third-order valence-corrected chi connectivity index (χ3v) is 15.0. The highest BCUT2D eigenvalue weighted by atomic mass is 16.7. The Labute approximate surface area is 447 Å². The van der Waals surface area contributed by atoms with Crippen molar-refractivity contribution in [2.75, 3.05) is 13.2 Å². The van der Waals surface area contributed by atoms with Gasteiger partial charge in [-0.2, -0.15) is 0 Å². The van der Waals surface area contributed by atoms with Crippen molar-refractivity contribution in [2.45, 2.75) is 339 Å². The summed E-state index contributed by atoms with van der Waals surface area (Å²) < 4.78 is 11.1. The van der Waals surface area contributed by atoms with Crippen LogP contribution in [0.4, 0.5) is 0 Å². The largest absolute Gasteiger partial charge is 0.394 e. The SMILES string of the molecule is C/C=C/CC/C=C/CCCC(O)C(O)C(COC1OC(CO)C(O)C(O)C1O)NC(=O)C(O)CCCCCCCCCCCCCCCCCC/C=C\CCCCCCCCCCCCCCCCCCCC. The van der Waals surface area contributed by atoms with Gasteiger partial charge >= 0.3 is 0 Å². The molecule has 0 aliphatic carbocycles. The summed E-state index contributed by atoms with van der Waals surface area (Å²) in [6, 6.07) is -1.19. The maximum absolute atomic E-state index is 13.1. The molecule has 430 valence electrons. The molecule has 1 aliphatic heterocycles. The van der Waals surface area contributed by atoms with Crippen LogP contribution >= 0.6 is 0 Å². The van der Waals surface area contributed by atoms with Crippen molar-refractivity contribution in [3.63, 3.8) is 0 Å². The number of amides is 1. The van der Waals surface area contributed by atoms with Gasteiger partial charge in [0, 0.05) is 0 Å². The van der Waals surface area contributed by atoms with Gasteiger partial charge in [-0.1, -0.05) is 249 Å². The molecule has 1 rings (SSSR count). The van der Waals surface area contributed by atoms with Gasteiger partial charge in [0.2, 0.25) is 5.91 Å². The molecule has 1 fully saturated rings. The maximum Gasteiger partial charge on any atom is 0.249 e. The highest BCUT2D eigenvalue weighted by Crippen LogP contribution is 2.23. The molecule has 73 heavy (non-hydrogen) atoms. The van der Waals surface area contributed by atoms with E-state index in [2.05, 4.69) is 36.5 Å². The Morgan fingerprint density at radius 3 is 1.30 bits per heavy atom. The number of ether oxygens (including phenoxy) is 2. The van der Waals surface area contributed by atoms with Gasteiger partial charge in [0.15, 0.2) is 6.29 Å². The van der Waals surface area contributed by atoms with Crippen molar-refractivity contribution in [3.05, 3.63) is 36.5 Å². The van der Waals surface area contributed by atoms with E-state index in [1.54, 1.807) is 0 Å². The minimum absolute atomic E-state index is 0.244. The van der Waals surface area contributed by atoms with Crippen LogP contribution in [0.5, 0.6) is 0 Å². The van der Waals surface area contributed by atoms with E-state index in [4.69, 9.17) is 9.47 Å². The topological polar surface area (TPSA) is 189 Å². The summed E-state index contributed by atoms with van der Waals surface area (Å²) >= 11 is 0. The second-order valence-corrected chi connectivity index (χ2v) is 21.8. The molecule has 1 aliphatic rings. The van der Waals surface area contributed by atoms with E-state index < -0.39 is 74.2 Å². The molecule has 1 heterocycles. The average molecular weight is 1040 g/mol. The Morgan fingerprint density at radius 2 is 0.877 bits per heavy atom. The van der Waals surface area contributed by atoms with E-state index in [0.29, 0.717) is 19.3 Å². The second kappa shape index (κ2) is 51.1. The van der Waals surface area contributed by atoms with Crippen molar-refractivity contribution in [3.8, 4) is 0 Å². The van der Waals surface area contributed by atoms with Crippen LogP contribution in [0.1, 0.15) is 284 Å². The summed E-state index contributed by atoms with van der Waals surface area (Å²) in [4.78, 5) is 13.1. The zero-order chi connectivity index (χ0) is 53.3. The number of hydrogen-bond donors (Lipinski definition) is 8. The number of aliphatic hydroxyl groups excluding tert-OH is 7. The van der Waals surface area contributed by atoms with Gasteiger partial charge in [-0.25, -0.2) is 0 Å².